The zero-order valence-electron chi connectivity index (χ0n) is 22.7. The van der Waals surface area contributed by atoms with Crippen molar-refractivity contribution in [1.29, 1.82) is 0 Å². The van der Waals surface area contributed by atoms with Gasteiger partial charge in [0.15, 0.2) is 0 Å². The van der Waals surface area contributed by atoms with Gasteiger partial charge < -0.3 is 16.2 Å². The first kappa shape index (κ1) is 29.1. The summed E-state index contributed by atoms with van der Waals surface area (Å²) in [6, 6.07) is 27.9. The molecule has 0 fully saturated rings. The van der Waals surface area contributed by atoms with Crippen molar-refractivity contribution in [3.8, 4) is 0 Å². The first-order valence-corrected chi connectivity index (χ1v) is 13.5. The molecule has 0 heterocycles. The quantitative estimate of drug-likeness (QED) is 0.181. The molecule has 3 aromatic rings. The molecule has 0 bridgehead atoms. The molecule has 5 N–H and O–H groups in total. The zero-order chi connectivity index (χ0) is 27.5. The molecule has 3 rings (SSSR count). The van der Waals surface area contributed by atoms with Gasteiger partial charge >= 0.3 is 5.97 Å². The van der Waals surface area contributed by atoms with Crippen molar-refractivity contribution in [3.63, 3.8) is 0 Å². The molecule has 0 unspecified atom stereocenters. The number of benzene rings is 3. The molecule has 38 heavy (non-hydrogen) atoms. The summed E-state index contributed by atoms with van der Waals surface area (Å²) in [7, 11) is 0. The van der Waals surface area contributed by atoms with Crippen molar-refractivity contribution >= 4 is 11.9 Å². The molecule has 6 nitrogen and oxygen atoms in total. The number of aliphatic carboxylic acids is 1. The number of rotatable bonds is 14. The number of carboxylic acids is 1. The molecule has 202 valence electrons. The Morgan fingerprint density at radius 3 is 1.84 bits per heavy atom. The van der Waals surface area contributed by atoms with Gasteiger partial charge in [0.1, 0.15) is 6.04 Å². The number of aryl methyl sites for hydroxylation is 1. The Hall–Kier alpha value is -3.48. The summed E-state index contributed by atoms with van der Waals surface area (Å²) in [5, 5.41) is 16.1. The molecule has 0 radical (unpaired) electrons. The van der Waals surface area contributed by atoms with Crippen LogP contribution in [0.3, 0.4) is 0 Å². The SMILES string of the molecule is CCc1ccc(C(NCCCC[C@H](NC(=O)[C@@H](N)C(C)C)C(=O)O)(c2ccccc2)c2ccccc2)cc1. The minimum Gasteiger partial charge on any atom is -0.480 e. The van der Waals surface area contributed by atoms with Gasteiger partial charge in [-0.05, 0) is 60.4 Å². The molecule has 0 saturated heterocycles. The highest BCUT2D eigenvalue weighted by Crippen LogP contribution is 2.37. The van der Waals surface area contributed by atoms with Crippen LogP contribution in [0.5, 0.6) is 0 Å². The van der Waals surface area contributed by atoms with Crippen LogP contribution >= 0.6 is 0 Å². The van der Waals surface area contributed by atoms with Gasteiger partial charge in [0.2, 0.25) is 5.91 Å². The van der Waals surface area contributed by atoms with Crippen LogP contribution < -0.4 is 16.4 Å². The number of nitrogens with two attached hydrogens (primary N) is 1. The molecule has 0 saturated carbocycles. The first-order valence-electron chi connectivity index (χ1n) is 13.5. The lowest BCUT2D eigenvalue weighted by atomic mass is 9.76. The van der Waals surface area contributed by atoms with E-state index in [1.165, 1.54) is 5.56 Å². The van der Waals surface area contributed by atoms with Gasteiger partial charge in [-0.2, -0.15) is 0 Å². The average Bonchev–Trinajstić information content (AvgIpc) is 2.94. The van der Waals surface area contributed by atoms with Crippen molar-refractivity contribution in [3.05, 3.63) is 107 Å². The molecule has 3 aromatic carbocycles. The fourth-order valence-electron chi connectivity index (χ4n) is 4.75. The van der Waals surface area contributed by atoms with Crippen molar-refractivity contribution in [2.45, 2.75) is 64.1 Å². The highest BCUT2D eigenvalue weighted by molar-refractivity contribution is 5.86. The van der Waals surface area contributed by atoms with Crippen molar-refractivity contribution in [2.24, 2.45) is 11.7 Å². The van der Waals surface area contributed by atoms with Gasteiger partial charge in [0.25, 0.3) is 0 Å². The average molecular weight is 516 g/mol. The number of hydrogen-bond acceptors (Lipinski definition) is 4. The van der Waals surface area contributed by atoms with E-state index in [1.54, 1.807) is 0 Å². The predicted molar refractivity (Wildman–Crippen MR) is 153 cm³/mol. The smallest absolute Gasteiger partial charge is 0.326 e. The monoisotopic (exact) mass is 515 g/mol. The van der Waals surface area contributed by atoms with Crippen LogP contribution in [0.15, 0.2) is 84.9 Å². The van der Waals surface area contributed by atoms with E-state index in [4.69, 9.17) is 5.73 Å². The maximum absolute atomic E-state index is 12.3. The number of amides is 1. The second-order valence-corrected chi connectivity index (χ2v) is 10.1. The van der Waals surface area contributed by atoms with Crippen molar-refractivity contribution < 1.29 is 14.7 Å². The highest BCUT2D eigenvalue weighted by Gasteiger charge is 2.35. The molecule has 2 atom stereocenters. The van der Waals surface area contributed by atoms with E-state index < -0.39 is 29.5 Å². The fourth-order valence-corrected chi connectivity index (χ4v) is 4.75. The van der Waals surface area contributed by atoms with Crippen LogP contribution in [0.1, 0.15) is 62.3 Å². The third-order valence-electron chi connectivity index (χ3n) is 7.15. The third-order valence-corrected chi connectivity index (χ3v) is 7.15. The van der Waals surface area contributed by atoms with Gasteiger partial charge in [-0.15, -0.1) is 0 Å². The molecule has 6 heteroatoms. The topological polar surface area (TPSA) is 104 Å². The molecule has 1 amide bonds. The van der Waals surface area contributed by atoms with Crippen LogP contribution in [0.4, 0.5) is 0 Å². The molecule has 0 aliphatic rings. The molecule has 0 aliphatic carbocycles. The number of carbonyl (C=O) groups excluding carboxylic acids is 1. The third kappa shape index (κ3) is 7.09. The van der Waals surface area contributed by atoms with Crippen molar-refractivity contribution in [2.75, 3.05) is 6.54 Å². The van der Waals surface area contributed by atoms with Crippen LogP contribution in [0.2, 0.25) is 0 Å². The fraction of sp³-hybridized carbons (Fsp3) is 0.375. The Labute approximate surface area is 226 Å². The van der Waals surface area contributed by atoms with E-state index in [-0.39, 0.29) is 5.92 Å². The minimum absolute atomic E-state index is 0.0656. The summed E-state index contributed by atoms with van der Waals surface area (Å²) >= 11 is 0. The molecule has 0 spiro atoms. The van der Waals surface area contributed by atoms with Crippen molar-refractivity contribution in [1.82, 2.24) is 10.6 Å². The van der Waals surface area contributed by atoms with Crippen LogP contribution in [0.25, 0.3) is 0 Å². The Balaban J connectivity index is 1.80. The second kappa shape index (κ2) is 13.9. The van der Waals surface area contributed by atoms with Gasteiger partial charge in [-0.25, -0.2) is 4.79 Å². The first-order chi connectivity index (χ1) is 18.3. The Kier molecular flexibility index (Phi) is 10.6. The Bertz CT molecular complexity index is 1110. The van der Waals surface area contributed by atoms with Gasteiger partial charge in [0, 0.05) is 0 Å². The van der Waals surface area contributed by atoms with E-state index in [0.29, 0.717) is 19.4 Å². The lowest BCUT2D eigenvalue weighted by molar-refractivity contribution is -0.142. The van der Waals surface area contributed by atoms with E-state index in [2.05, 4.69) is 90.4 Å². The van der Waals surface area contributed by atoms with E-state index in [1.807, 2.05) is 26.0 Å². The largest absolute Gasteiger partial charge is 0.480 e. The van der Waals surface area contributed by atoms with E-state index in [9.17, 15) is 14.7 Å². The number of carboxylic acid groups (broad SMARTS) is 1. The number of carbonyl (C=O) groups is 2. The lowest BCUT2D eigenvalue weighted by Crippen LogP contribution is -2.50. The minimum atomic E-state index is -1.04. The van der Waals surface area contributed by atoms with Gasteiger partial charge in [-0.1, -0.05) is 106 Å². The summed E-state index contributed by atoms with van der Waals surface area (Å²) in [4.78, 5) is 24.1. The second-order valence-electron chi connectivity index (χ2n) is 10.1. The molecule has 0 aliphatic heterocycles. The van der Waals surface area contributed by atoms with Gasteiger partial charge in [0.05, 0.1) is 11.6 Å². The normalized spacial score (nSPS) is 13.2. The van der Waals surface area contributed by atoms with E-state index in [0.717, 1.165) is 29.5 Å². The number of unbranched alkanes of at least 4 members (excludes halogenated alkanes) is 1. The van der Waals surface area contributed by atoms with E-state index >= 15 is 0 Å². The summed E-state index contributed by atoms with van der Waals surface area (Å²) < 4.78 is 0. The highest BCUT2D eigenvalue weighted by atomic mass is 16.4. The number of nitrogens with one attached hydrogen (secondary N) is 2. The maximum Gasteiger partial charge on any atom is 0.326 e. The zero-order valence-corrected chi connectivity index (χ0v) is 22.7. The number of hydrogen-bond donors (Lipinski definition) is 4. The van der Waals surface area contributed by atoms with Crippen LogP contribution in [-0.4, -0.2) is 35.6 Å². The summed E-state index contributed by atoms with van der Waals surface area (Å²) in [5.41, 5.74) is 10.0. The Morgan fingerprint density at radius 1 is 0.842 bits per heavy atom. The Morgan fingerprint density at radius 2 is 1.37 bits per heavy atom. The van der Waals surface area contributed by atoms with Gasteiger partial charge in [-0.3, -0.25) is 10.1 Å². The molecular formula is C32H41N3O3. The maximum atomic E-state index is 12.3. The summed E-state index contributed by atoms with van der Waals surface area (Å²) in [6.45, 7) is 6.49. The van der Waals surface area contributed by atoms with Crippen LogP contribution in [-0.2, 0) is 21.5 Å². The predicted octanol–water partition coefficient (Wildman–Crippen LogP) is 4.85. The summed E-state index contributed by atoms with van der Waals surface area (Å²) in [5.74, 6) is -1.53. The molecule has 0 aromatic heterocycles. The standard InChI is InChI=1S/C32H41N3O3/c1-4-24-18-20-27(21-19-24)32(25-13-7-5-8-14-25,26-15-9-6-10-16-26)34-22-12-11-17-28(31(37)38)35-30(36)29(33)23(2)3/h5-10,13-16,18-21,23,28-29,34H,4,11-12,17,22,33H2,1-3H3,(H,35,36)(H,37,38)/t28-,29-/m0/s1. The molecular weight excluding hydrogens is 474 g/mol. The van der Waals surface area contributed by atoms with Crippen LogP contribution in [0, 0.1) is 5.92 Å². The summed E-state index contributed by atoms with van der Waals surface area (Å²) in [6.07, 6.45) is 2.68. The lowest BCUT2D eigenvalue weighted by Gasteiger charge is -2.37.